The van der Waals surface area contributed by atoms with Gasteiger partial charge in [-0.2, -0.15) is 5.10 Å². The second-order valence-corrected chi connectivity index (χ2v) is 9.64. The van der Waals surface area contributed by atoms with E-state index in [0.717, 1.165) is 4.47 Å². The highest BCUT2D eigenvalue weighted by molar-refractivity contribution is 9.10. The largest absolute Gasteiger partial charge is 0.474 e. The molecule has 2 aromatic carbocycles. The van der Waals surface area contributed by atoms with Crippen molar-refractivity contribution < 1.29 is 24.2 Å². The van der Waals surface area contributed by atoms with Gasteiger partial charge in [-0.25, -0.2) is 0 Å². The number of carbonyl (C=O) groups excluding carboxylic acids is 2. The number of hydrogen-bond acceptors (Lipinski definition) is 6. The number of benzene rings is 2. The van der Waals surface area contributed by atoms with Crippen LogP contribution < -0.4 is 4.74 Å². The van der Waals surface area contributed by atoms with Crippen LogP contribution in [-0.2, 0) is 25.5 Å². The summed E-state index contributed by atoms with van der Waals surface area (Å²) >= 11 is 3.44. The van der Waals surface area contributed by atoms with Crippen molar-refractivity contribution >= 4 is 27.7 Å². The molecule has 5 rings (SSSR count). The third kappa shape index (κ3) is 2.80. The minimum atomic E-state index is -2.18. The standard InChI is InChI=1S/C25H23BrN2O5/c1-14(2)28-13-18-21(27-28)24(31)22(29)19(23(30)32-3)20(15-7-5-4-6-8-15)25(24,33-18)16-9-11-17(26)12-10-16/h4-14,19-20,31H,1-3H3/t19-,20-,24+,25+/m1/s1. The van der Waals surface area contributed by atoms with E-state index in [0.29, 0.717) is 16.9 Å². The highest BCUT2D eigenvalue weighted by atomic mass is 79.9. The van der Waals surface area contributed by atoms with Crippen LogP contribution in [0.5, 0.6) is 5.75 Å². The first-order valence-electron chi connectivity index (χ1n) is 10.7. The predicted molar refractivity (Wildman–Crippen MR) is 123 cm³/mol. The number of hydrogen-bond donors (Lipinski definition) is 1. The first kappa shape index (κ1) is 21.9. The molecule has 3 aromatic rings. The molecule has 7 nitrogen and oxygen atoms in total. The highest BCUT2D eigenvalue weighted by Gasteiger charge is 2.79. The Morgan fingerprint density at radius 2 is 1.85 bits per heavy atom. The summed E-state index contributed by atoms with van der Waals surface area (Å²) in [5, 5.41) is 16.8. The molecule has 0 spiro atoms. The fraction of sp³-hybridized carbons (Fsp3) is 0.320. The summed E-state index contributed by atoms with van der Waals surface area (Å²) in [6, 6.07) is 16.4. The van der Waals surface area contributed by atoms with E-state index in [1.807, 2.05) is 56.3 Å². The van der Waals surface area contributed by atoms with Crippen LogP contribution in [0.15, 0.2) is 65.3 Å². The van der Waals surface area contributed by atoms with E-state index in [9.17, 15) is 14.7 Å². The molecule has 1 aromatic heterocycles. The molecule has 8 heteroatoms. The van der Waals surface area contributed by atoms with E-state index in [-0.39, 0.29) is 11.7 Å². The molecule has 0 saturated heterocycles. The fourth-order valence-electron chi connectivity index (χ4n) is 5.19. The molecule has 1 fully saturated rings. The number of aromatic nitrogens is 2. The summed E-state index contributed by atoms with van der Waals surface area (Å²) in [6.45, 7) is 3.88. The summed E-state index contributed by atoms with van der Waals surface area (Å²) < 4.78 is 14.1. The Labute approximate surface area is 199 Å². The maximum atomic E-state index is 14.0. The number of esters is 1. The lowest BCUT2D eigenvalue weighted by Crippen LogP contribution is -2.51. The molecule has 1 saturated carbocycles. The van der Waals surface area contributed by atoms with Crippen molar-refractivity contribution in [2.75, 3.05) is 7.11 Å². The van der Waals surface area contributed by atoms with Crippen LogP contribution in [0.4, 0.5) is 0 Å². The van der Waals surface area contributed by atoms with Crippen LogP contribution in [-0.4, -0.2) is 33.7 Å². The Balaban J connectivity index is 1.84. The highest BCUT2D eigenvalue weighted by Crippen LogP contribution is 2.66. The number of aliphatic hydroxyl groups is 1. The smallest absolute Gasteiger partial charge is 0.317 e. The summed E-state index contributed by atoms with van der Waals surface area (Å²) in [5.74, 6) is -3.19. The average molecular weight is 511 g/mol. The summed E-state index contributed by atoms with van der Waals surface area (Å²) in [4.78, 5) is 27.0. The Bertz CT molecular complexity index is 1240. The number of Topliss-reactive ketones (excluding diaryl/α,β-unsaturated/α-hetero) is 1. The van der Waals surface area contributed by atoms with Gasteiger partial charge in [0.2, 0.25) is 5.60 Å². The third-order valence-electron chi connectivity index (χ3n) is 6.68. The van der Waals surface area contributed by atoms with Gasteiger partial charge in [0, 0.05) is 10.5 Å². The van der Waals surface area contributed by atoms with Crippen molar-refractivity contribution in [1.29, 1.82) is 0 Å². The molecular weight excluding hydrogens is 488 g/mol. The molecule has 0 unspecified atom stereocenters. The Kier molecular flexibility index (Phi) is 4.99. The number of nitrogens with zero attached hydrogens (tertiary/aromatic N) is 2. The van der Waals surface area contributed by atoms with E-state index in [4.69, 9.17) is 9.47 Å². The number of rotatable bonds is 4. The van der Waals surface area contributed by atoms with Gasteiger partial charge in [-0.1, -0.05) is 58.4 Å². The zero-order valence-corrected chi connectivity index (χ0v) is 19.9. The van der Waals surface area contributed by atoms with Crippen LogP contribution in [0.2, 0.25) is 0 Å². The topological polar surface area (TPSA) is 90.7 Å². The zero-order valence-electron chi connectivity index (χ0n) is 18.4. The molecule has 170 valence electrons. The Morgan fingerprint density at radius 1 is 1.18 bits per heavy atom. The Morgan fingerprint density at radius 3 is 2.45 bits per heavy atom. The first-order valence-corrected chi connectivity index (χ1v) is 11.5. The molecule has 0 bridgehead atoms. The fourth-order valence-corrected chi connectivity index (χ4v) is 5.45. The Hall–Kier alpha value is -2.97. The van der Waals surface area contributed by atoms with Gasteiger partial charge in [0.15, 0.2) is 17.1 Å². The molecule has 0 amide bonds. The molecule has 1 aliphatic heterocycles. The van der Waals surface area contributed by atoms with Crippen LogP contribution in [0.25, 0.3) is 0 Å². The van der Waals surface area contributed by atoms with Crippen molar-refractivity contribution in [3.05, 3.63) is 82.1 Å². The monoisotopic (exact) mass is 510 g/mol. The van der Waals surface area contributed by atoms with Crippen molar-refractivity contribution in [3.63, 3.8) is 0 Å². The van der Waals surface area contributed by atoms with E-state index in [1.165, 1.54) is 7.11 Å². The molecule has 1 aliphatic carbocycles. The molecule has 1 N–H and O–H groups in total. The number of fused-ring (bicyclic) bond motifs is 3. The average Bonchev–Trinajstić information content (AvgIpc) is 3.40. The second kappa shape index (κ2) is 7.53. The van der Waals surface area contributed by atoms with E-state index in [1.54, 1.807) is 23.0 Å². The molecular formula is C25H23BrN2O5. The van der Waals surface area contributed by atoms with Crippen molar-refractivity contribution in [2.45, 2.75) is 37.0 Å². The number of methoxy groups -OCH3 is 1. The van der Waals surface area contributed by atoms with Crippen LogP contribution in [0, 0.1) is 5.92 Å². The van der Waals surface area contributed by atoms with Crippen molar-refractivity contribution in [1.82, 2.24) is 9.78 Å². The van der Waals surface area contributed by atoms with Crippen LogP contribution in [0.1, 0.15) is 42.6 Å². The lowest BCUT2D eigenvalue weighted by atomic mass is 9.71. The van der Waals surface area contributed by atoms with E-state index in [2.05, 4.69) is 21.0 Å². The normalized spacial score (nSPS) is 27.9. The van der Waals surface area contributed by atoms with Crippen molar-refractivity contribution in [3.8, 4) is 5.75 Å². The summed E-state index contributed by atoms with van der Waals surface area (Å²) in [6.07, 6.45) is 1.69. The maximum Gasteiger partial charge on any atom is 0.317 e. The van der Waals surface area contributed by atoms with Crippen LogP contribution in [0.3, 0.4) is 0 Å². The van der Waals surface area contributed by atoms with Gasteiger partial charge in [0.05, 0.1) is 19.2 Å². The van der Waals surface area contributed by atoms with Gasteiger partial charge in [-0.15, -0.1) is 0 Å². The molecule has 0 radical (unpaired) electrons. The molecule has 33 heavy (non-hydrogen) atoms. The number of halogens is 1. The van der Waals surface area contributed by atoms with Gasteiger partial charge < -0.3 is 14.6 Å². The lowest BCUT2D eigenvalue weighted by Gasteiger charge is -2.39. The van der Waals surface area contributed by atoms with Crippen molar-refractivity contribution in [2.24, 2.45) is 5.92 Å². The third-order valence-corrected chi connectivity index (χ3v) is 7.20. The minimum absolute atomic E-state index is 0.0114. The lowest BCUT2D eigenvalue weighted by molar-refractivity contribution is -0.156. The summed E-state index contributed by atoms with van der Waals surface area (Å²) in [7, 11) is 1.24. The van der Waals surface area contributed by atoms with E-state index < -0.39 is 34.8 Å². The minimum Gasteiger partial charge on any atom is -0.474 e. The van der Waals surface area contributed by atoms with Gasteiger partial charge in [0.25, 0.3) is 0 Å². The summed E-state index contributed by atoms with van der Waals surface area (Å²) in [5.41, 5.74) is -2.41. The quantitative estimate of drug-likeness (QED) is 0.423. The number of ether oxygens (including phenoxy) is 2. The molecule has 4 atom stereocenters. The predicted octanol–water partition coefficient (Wildman–Crippen LogP) is 3.86. The van der Waals surface area contributed by atoms with Gasteiger partial charge in [-0.3, -0.25) is 14.3 Å². The van der Waals surface area contributed by atoms with Gasteiger partial charge >= 0.3 is 5.97 Å². The number of ketones is 1. The molecule has 2 heterocycles. The van der Waals surface area contributed by atoms with Crippen LogP contribution >= 0.6 is 15.9 Å². The second-order valence-electron chi connectivity index (χ2n) is 8.72. The van der Waals surface area contributed by atoms with Gasteiger partial charge in [-0.05, 0) is 37.1 Å². The SMILES string of the molecule is COC(=O)[C@H]1C(=O)[C@@]2(O)c3nn(C(C)C)cc3O[C@@]2(c2ccc(Br)cc2)[C@@H]1c1ccccc1. The number of carbonyl (C=O) groups is 2. The maximum absolute atomic E-state index is 14.0. The van der Waals surface area contributed by atoms with E-state index >= 15 is 0 Å². The van der Waals surface area contributed by atoms with Gasteiger partial charge in [0.1, 0.15) is 11.6 Å². The zero-order chi connectivity index (χ0) is 23.5. The molecule has 2 aliphatic rings. The first-order chi connectivity index (χ1) is 15.8.